The summed E-state index contributed by atoms with van der Waals surface area (Å²) in [6, 6.07) is 2.76. The molecule has 0 spiro atoms. The molecule has 1 amide bonds. The van der Waals surface area contributed by atoms with Crippen molar-refractivity contribution in [3.63, 3.8) is 0 Å². The van der Waals surface area contributed by atoms with Crippen LogP contribution in [0.2, 0.25) is 0 Å². The number of carbonyl (C=O) groups excluding carboxylic acids is 1. The lowest BCUT2D eigenvalue weighted by atomic mass is 10.3. The molecule has 15 heavy (non-hydrogen) atoms. The summed E-state index contributed by atoms with van der Waals surface area (Å²) in [5, 5.41) is 2.42. The third-order valence-corrected chi connectivity index (χ3v) is 2.31. The van der Waals surface area contributed by atoms with E-state index in [2.05, 4.69) is 5.32 Å². The summed E-state index contributed by atoms with van der Waals surface area (Å²) < 4.78 is 25.5. The zero-order chi connectivity index (χ0) is 11.0. The largest absolute Gasteiger partial charge is 0.327 e. The van der Waals surface area contributed by atoms with Gasteiger partial charge in [0.25, 0.3) is 0 Å². The summed E-state index contributed by atoms with van der Waals surface area (Å²) >= 11 is 0. The van der Waals surface area contributed by atoms with E-state index in [0.29, 0.717) is 6.42 Å². The molecule has 2 unspecified atom stereocenters. The molecule has 0 heterocycles. The third kappa shape index (κ3) is 2.30. The number of rotatable bonds is 2. The molecule has 1 aliphatic carbocycles. The molecule has 80 valence electrons. The Bertz CT molecular complexity index is 388. The number of hydrogen-bond acceptors (Lipinski definition) is 2. The van der Waals surface area contributed by atoms with Crippen LogP contribution in [0.3, 0.4) is 0 Å². The second-order valence-electron chi connectivity index (χ2n) is 3.65. The maximum Gasteiger partial charge on any atom is 0.229 e. The van der Waals surface area contributed by atoms with E-state index in [1.165, 1.54) is 0 Å². The predicted octanol–water partition coefficient (Wildman–Crippen LogP) is 1.25. The molecule has 3 nitrogen and oxygen atoms in total. The van der Waals surface area contributed by atoms with Crippen molar-refractivity contribution in [2.75, 3.05) is 5.32 Å². The van der Waals surface area contributed by atoms with Gasteiger partial charge in [0, 0.05) is 17.8 Å². The van der Waals surface area contributed by atoms with Crippen molar-refractivity contribution in [3.8, 4) is 0 Å². The Morgan fingerprint density at radius 2 is 1.87 bits per heavy atom. The minimum Gasteiger partial charge on any atom is -0.327 e. The lowest BCUT2D eigenvalue weighted by Crippen LogP contribution is -2.18. The molecular formula is C10H10F2N2O. The summed E-state index contributed by atoms with van der Waals surface area (Å²) in [5.41, 5.74) is 5.59. The summed E-state index contributed by atoms with van der Waals surface area (Å²) in [6.45, 7) is 0. The molecule has 0 aromatic heterocycles. The van der Waals surface area contributed by atoms with Gasteiger partial charge in [0.05, 0.1) is 5.92 Å². The van der Waals surface area contributed by atoms with Gasteiger partial charge in [-0.05, 0) is 18.6 Å². The smallest absolute Gasteiger partial charge is 0.229 e. The fourth-order valence-electron chi connectivity index (χ4n) is 1.38. The monoisotopic (exact) mass is 212 g/mol. The van der Waals surface area contributed by atoms with Crippen molar-refractivity contribution in [1.82, 2.24) is 0 Å². The lowest BCUT2D eigenvalue weighted by Gasteiger charge is -2.04. The number of amides is 1. The Hall–Kier alpha value is -1.49. The molecular weight excluding hydrogens is 202 g/mol. The first kappa shape index (κ1) is 10.0. The van der Waals surface area contributed by atoms with Gasteiger partial charge in [0.2, 0.25) is 5.91 Å². The van der Waals surface area contributed by atoms with Crippen LogP contribution in [0.15, 0.2) is 18.2 Å². The molecule has 0 saturated heterocycles. The minimum atomic E-state index is -0.717. The molecule has 0 aliphatic heterocycles. The van der Waals surface area contributed by atoms with Crippen LogP contribution in [-0.4, -0.2) is 11.9 Å². The number of carbonyl (C=O) groups is 1. The molecule has 2 rings (SSSR count). The quantitative estimate of drug-likeness (QED) is 0.775. The van der Waals surface area contributed by atoms with Crippen LogP contribution in [0, 0.1) is 17.6 Å². The SMILES string of the molecule is NC1CC1C(=O)Nc1cc(F)cc(F)c1. The Balaban J connectivity index is 2.07. The van der Waals surface area contributed by atoms with Crippen LogP contribution >= 0.6 is 0 Å². The van der Waals surface area contributed by atoms with Gasteiger partial charge in [-0.3, -0.25) is 4.79 Å². The maximum absolute atomic E-state index is 12.8. The Labute approximate surface area is 85.3 Å². The molecule has 0 bridgehead atoms. The summed E-state index contributed by atoms with van der Waals surface area (Å²) in [5.74, 6) is -1.94. The Morgan fingerprint density at radius 3 is 2.33 bits per heavy atom. The minimum absolute atomic E-state index is 0.122. The maximum atomic E-state index is 12.8. The van der Waals surface area contributed by atoms with Crippen LogP contribution in [0.25, 0.3) is 0 Å². The second-order valence-corrected chi connectivity index (χ2v) is 3.65. The standard InChI is InChI=1S/C10H10F2N2O/c11-5-1-6(12)3-7(2-5)14-10(15)8-4-9(8)13/h1-3,8-9H,4,13H2,(H,14,15). The van der Waals surface area contributed by atoms with E-state index in [0.717, 1.165) is 18.2 Å². The number of halogens is 2. The molecule has 1 aromatic rings. The number of anilines is 1. The number of nitrogens with one attached hydrogen (secondary N) is 1. The van der Waals surface area contributed by atoms with E-state index in [4.69, 9.17) is 5.73 Å². The van der Waals surface area contributed by atoms with Gasteiger partial charge in [0.1, 0.15) is 11.6 Å². The molecule has 5 heteroatoms. The van der Waals surface area contributed by atoms with Gasteiger partial charge in [-0.1, -0.05) is 0 Å². The van der Waals surface area contributed by atoms with Crippen LogP contribution in [0.5, 0.6) is 0 Å². The molecule has 2 atom stereocenters. The molecule has 1 saturated carbocycles. The van der Waals surface area contributed by atoms with Crippen LogP contribution in [0.4, 0.5) is 14.5 Å². The first-order valence-electron chi connectivity index (χ1n) is 4.59. The Morgan fingerprint density at radius 1 is 1.33 bits per heavy atom. The van der Waals surface area contributed by atoms with E-state index in [1.807, 2.05) is 0 Å². The van der Waals surface area contributed by atoms with Gasteiger partial charge in [0.15, 0.2) is 0 Å². The highest BCUT2D eigenvalue weighted by atomic mass is 19.1. The Kier molecular flexibility index (Phi) is 2.40. The van der Waals surface area contributed by atoms with Gasteiger partial charge in [-0.25, -0.2) is 8.78 Å². The van der Waals surface area contributed by atoms with Crippen molar-refractivity contribution in [1.29, 1.82) is 0 Å². The first-order chi connectivity index (χ1) is 7.06. The highest BCUT2D eigenvalue weighted by Gasteiger charge is 2.39. The van der Waals surface area contributed by atoms with Gasteiger partial charge >= 0.3 is 0 Å². The van der Waals surface area contributed by atoms with E-state index in [-0.39, 0.29) is 23.6 Å². The lowest BCUT2D eigenvalue weighted by molar-refractivity contribution is -0.117. The third-order valence-electron chi connectivity index (χ3n) is 2.31. The van der Waals surface area contributed by atoms with E-state index < -0.39 is 11.6 Å². The van der Waals surface area contributed by atoms with Crippen molar-refractivity contribution in [2.24, 2.45) is 11.7 Å². The van der Waals surface area contributed by atoms with Gasteiger partial charge in [-0.2, -0.15) is 0 Å². The van der Waals surface area contributed by atoms with Crippen LogP contribution < -0.4 is 11.1 Å². The summed E-state index contributed by atoms with van der Waals surface area (Å²) in [4.78, 5) is 11.4. The van der Waals surface area contributed by atoms with Crippen molar-refractivity contribution in [3.05, 3.63) is 29.8 Å². The van der Waals surface area contributed by atoms with Crippen molar-refractivity contribution >= 4 is 11.6 Å². The highest BCUT2D eigenvalue weighted by Crippen LogP contribution is 2.29. The van der Waals surface area contributed by atoms with Gasteiger partial charge in [-0.15, -0.1) is 0 Å². The van der Waals surface area contributed by atoms with Crippen molar-refractivity contribution in [2.45, 2.75) is 12.5 Å². The average molecular weight is 212 g/mol. The van der Waals surface area contributed by atoms with E-state index in [1.54, 1.807) is 0 Å². The molecule has 3 N–H and O–H groups in total. The first-order valence-corrected chi connectivity index (χ1v) is 4.59. The fourth-order valence-corrected chi connectivity index (χ4v) is 1.38. The predicted molar refractivity (Wildman–Crippen MR) is 51.1 cm³/mol. The topological polar surface area (TPSA) is 55.1 Å². The van der Waals surface area contributed by atoms with E-state index >= 15 is 0 Å². The van der Waals surface area contributed by atoms with Gasteiger partial charge < -0.3 is 11.1 Å². The number of hydrogen-bond donors (Lipinski definition) is 2. The normalized spacial score (nSPS) is 23.7. The zero-order valence-electron chi connectivity index (χ0n) is 7.84. The summed E-state index contributed by atoms with van der Waals surface area (Å²) in [6.07, 6.45) is 0.629. The van der Waals surface area contributed by atoms with E-state index in [9.17, 15) is 13.6 Å². The second kappa shape index (κ2) is 3.58. The van der Waals surface area contributed by atoms with Crippen LogP contribution in [-0.2, 0) is 4.79 Å². The molecule has 0 radical (unpaired) electrons. The highest BCUT2D eigenvalue weighted by molar-refractivity contribution is 5.94. The number of nitrogens with two attached hydrogens (primary N) is 1. The summed E-state index contributed by atoms with van der Waals surface area (Å²) in [7, 11) is 0. The van der Waals surface area contributed by atoms with Crippen LogP contribution in [0.1, 0.15) is 6.42 Å². The fraction of sp³-hybridized carbons (Fsp3) is 0.300. The number of benzene rings is 1. The van der Waals surface area contributed by atoms with Crippen molar-refractivity contribution < 1.29 is 13.6 Å². The zero-order valence-corrected chi connectivity index (χ0v) is 7.84. The molecule has 1 fully saturated rings. The molecule has 1 aromatic carbocycles. The molecule has 1 aliphatic rings. The average Bonchev–Trinajstić information content (AvgIpc) is 2.80.